The molecular weight excluding hydrogens is 293 g/mol. The van der Waals surface area contributed by atoms with Crippen molar-refractivity contribution in [3.8, 4) is 0 Å². The first-order valence-electron chi connectivity index (χ1n) is 7.54. The largest absolute Gasteiger partial charge is 0.342 e. The monoisotopic (exact) mass is 314 g/mol. The summed E-state index contributed by atoms with van der Waals surface area (Å²) in [5.74, 6) is -3.64. The topological polar surface area (TPSA) is 32.3 Å². The molecule has 0 radical (unpaired) electrons. The Bertz CT molecular complexity index is 517. The van der Waals surface area contributed by atoms with E-state index >= 15 is 0 Å². The third kappa shape index (κ3) is 4.00. The summed E-state index contributed by atoms with van der Waals surface area (Å²) in [7, 11) is 0. The summed E-state index contributed by atoms with van der Waals surface area (Å²) < 4.78 is 39.2. The van der Waals surface area contributed by atoms with Crippen LogP contribution < -0.4 is 5.32 Å². The molecule has 1 fully saturated rings. The molecule has 1 heterocycles. The first-order chi connectivity index (χ1) is 10.4. The zero-order chi connectivity index (χ0) is 16.3. The van der Waals surface area contributed by atoms with E-state index in [-0.39, 0.29) is 24.4 Å². The second-order valence-electron chi connectivity index (χ2n) is 6.01. The second kappa shape index (κ2) is 7.13. The number of carbonyl (C=O) groups excluding carboxylic acids is 1. The van der Waals surface area contributed by atoms with Gasteiger partial charge in [0.05, 0.1) is 0 Å². The predicted molar refractivity (Wildman–Crippen MR) is 77.6 cm³/mol. The number of amides is 1. The number of hydrogen-bond donors (Lipinski definition) is 1. The van der Waals surface area contributed by atoms with E-state index in [1.54, 1.807) is 0 Å². The maximum Gasteiger partial charge on any atom is 0.225 e. The lowest BCUT2D eigenvalue weighted by atomic mass is 10.0. The molecule has 1 aromatic carbocycles. The lowest BCUT2D eigenvalue weighted by Crippen LogP contribution is -2.46. The molecule has 1 aliphatic rings. The lowest BCUT2D eigenvalue weighted by molar-refractivity contribution is -0.135. The standard InChI is InChI=1S/C16H21F3N2O/c1-10(2)16(22)21-5-3-12(4-6-21)20-9-11-7-13(17)15(19)14(18)8-11/h7-8,10,12,20H,3-6,9H2,1-2H3. The molecule has 0 unspecified atom stereocenters. The molecule has 2 rings (SSSR count). The zero-order valence-electron chi connectivity index (χ0n) is 12.8. The average molecular weight is 314 g/mol. The highest BCUT2D eigenvalue weighted by atomic mass is 19.2. The first-order valence-corrected chi connectivity index (χ1v) is 7.54. The van der Waals surface area contributed by atoms with E-state index < -0.39 is 17.5 Å². The van der Waals surface area contributed by atoms with Gasteiger partial charge in [-0.05, 0) is 30.5 Å². The van der Waals surface area contributed by atoms with Crippen molar-refractivity contribution < 1.29 is 18.0 Å². The molecule has 3 nitrogen and oxygen atoms in total. The van der Waals surface area contributed by atoms with Gasteiger partial charge >= 0.3 is 0 Å². The van der Waals surface area contributed by atoms with E-state index in [2.05, 4.69) is 5.32 Å². The minimum absolute atomic E-state index is 0.00493. The molecule has 1 aromatic rings. The van der Waals surface area contributed by atoms with Crippen LogP contribution in [-0.4, -0.2) is 29.9 Å². The summed E-state index contributed by atoms with van der Waals surface area (Å²) in [4.78, 5) is 13.7. The van der Waals surface area contributed by atoms with Crippen LogP contribution in [0.5, 0.6) is 0 Å². The molecule has 0 saturated carbocycles. The Morgan fingerprint density at radius 1 is 1.23 bits per heavy atom. The van der Waals surface area contributed by atoms with Crippen LogP contribution in [0, 0.1) is 23.4 Å². The number of likely N-dealkylation sites (tertiary alicyclic amines) is 1. The molecule has 0 aromatic heterocycles. The summed E-state index contributed by atoms with van der Waals surface area (Å²) in [5, 5.41) is 3.21. The Labute approximate surface area is 128 Å². The molecule has 22 heavy (non-hydrogen) atoms. The lowest BCUT2D eigenvalue weighted by Gasteiger charge is -2.33. The van der Waals surface area contributed by atoms with Gasteiger partial charge < -0.3 is 10.2 Å². The molecule has 122 valence electrons. The van der Waals surface area contributed by atoms with Crippen LogP contribution in [0.4, 0.5) is 13.2 Å². The van der Waals surface area contributed by atoms with E-state index in [1.165, 1.54) is 0 Å². The molecule has 6 heteroatoms. The summed E-state index contributed by atoms with van der Waals surface area (Å²) in [6.07, 6.45) is 1.59. The van der Waals surface area contributed by atoms with Gasteiger partial charge in [0.25, 0.3) is 0 Å². The van der Waals surface area contributed by atoms with Gasteiger partial charge in [-0.1, -0.05) is 13.8 Å². The van der Waals surface area contributed by atoms with Gasteiger partial charge in [0, 0.05) is 31.6 Å². The third-order valence-corrected chi connectivity index (χ3v) is 3.94. The van der Waals surface area contributed by atoms with Crippen LogP contribution in [0.3, 0.4) is 0 Å². The first kappa shape index (κ1) is 16.8. The van der Waals surface area contributed by atoms with Crippen LogP contribution >= 0.6 is 0 Å². The van der Waals surface area contributed by atoms with Crippen molar-refractivity contribution in [3.05, 3.63) is 35.1 Å². The summed E-state index contributed by atoms with van der Waals surface area (Å²) in [6, 6.07) is 2.19. The van der Waals surface area contributed by atoms with Gasteiger partial charge in [-0.2, -0.15) is 0 Å². The molecule has 0 spiro atoms. The van der Waals surface area contributed by atoms with Crippen molar-refractivity contribution in [1.29, 1.82) is 0 Å². The van der Waals surface area contributed by atoms with Gasteiger partial charge in [0.2, 0.25) is 5.91 Å². The van der Waals surface area contributed by atoms with E-state index in [9.17, 15) is 18.0 Å². The van der Waals surface area contributed by atoms with E-state index in [4.69, 9.17) is 0 Å². The minimum Gasteiger partial charge on any atom is -0.342 e. The zero-order valence-corrected chi connectivity index (χ0v) is 12.8. The predicted octanol–water partition coefficient (Wildman–Crippen LogP) is 2.84. The normalized spacial score (nSPS) is 16.4. The number of hydrogen-bond acceptors (Lipinski definition) is 2. The van der Waals surface area contributed by atoms with Gasteiger partial charge in [-0.3, -0.25) is 4.79 Å². The number of nitrogens with zero attached hydrogens (tertiary/aromatic N) is 1. The molecule has 0 atom stereocenters. The molecule has 1 amide bonds. The Hall–Kier alpha value is -1.56. The van der Waals surface area contributed by atoms with Crippen LogP contribution in [0.2, 0.25) is 0 Å². The van der Waals surface area contributed by atoms with Crippen molar-refractivity contribution in [2.75, 3.05) is 13.1 Å². The van der Waals surface area contributed by atoms with Crippen LogP contribution in [0.15, 0.2) is 12.1 Å². The Balaban J connectivity index is 1.83. The number of carbonyl (C=O) groups is 1. The van der Waals surface area contributed by atoms with Gasteiger partial charge in [-0.25, -0.2) is 13.2 Å². The molecule has 0 aliphatic carbocycles. The fourth-order valence-corrected chi connectivity index (χ4v) is 2.64. The van der Waals surface area contributed by atoms with Crippen molar-refractivity contribution >= 4 is 5.91 Å². The fourth-order valence-electron chi connectivity index (χ4n) is 2.64. The van der Waals surface area contributed by atoms with Crippen molar-refractivity contribution in [2.45, 2.75) is 39.3 Å². The Kier molecular flexibility index (Phi) is 5.45. The fraction of sp³-hybridized carbons (Fsp3) is 0.562. The molecule has 1 aliphatic heterocycles. The molecule has 0 bridgehead atoms. The second-order valence-corrected chi connectivity index (χ2v) is 6.01. The smallest absolute Gasteiger partial charge is 0.225 e. The van der Waals surface area contributed by atoms with Crippen LogP contribution in [-0.2, 0) is 11.3 Å². The number of piperidine rings is 1. The van der Waals surface area contributed by atoms with Gasteiger partial charge in [0.1, 0.15) is 0 Å². The highest BCUT2D eigenvalue weighted by molar-refractivity contribution is 5.78. The number of benzene rings is 1. The van der Waals surface area contributed by atoms with Crippen molar-refractivity contribution in [1.82, 2.24) is 10.2 Å². The average Bonchev–Trinajstić information content (AvgIpc) is 2.50. The van der Waals surface area contributed by atoms with Crippen molar-refractivity contribution in [2.24, 2.45) is 5.92 Å². The maximum absolute atomic E-state index is 13.1. The Morgan fingerprint density at radius 2 is 1.77 bits per heavy atom. The highest BCUT2D eigenvalue weighted by Crippen LogP contribution is 2.16. The van der Waals surface area contributed by atoms with Gasteiger partial charge in [-0.15, -0.1) is 0 Å². The highest BCUT2D eigenvalue weighted by Gasteiger charge is 2.24. The van der Waals surface area contributed by atoms with E-state index in [0.29, 0.717) is 18.7 Å². The minimum atomic E-state index is -1.44. The molecular formula is C16H21F3N2O. The number of nitrogens with one attached hydrogen (secondary N) is 1. The summed E-state index contributed by atoms with van der Waals surface area (Å²) >= 11 is 0. The third-order valence-electron chi connectivity index (χ3n) is 3.94. The summed E-state index contributed by atoms with van der Waals surface area (Å²) in [5.41, 5.74) is 0.372. The number of rotatable bonds is 4. The SMILES string of the molecule is CC(C)C(=O)N1CCC(NCc2cc(F)c(F)c(F)c2)CC1. The van der Waals surface area contributed by atoms with Crippen LogP contribution in [0.25, 0.3) is 0 Å². The number of halogens is 3. The Morgan fingerprint density at radius 3 is 2.27 bits per heavy atom. The van der Waals surface area contributed by atoms with Crippen LogP contribution in [0.1, 0.15) is 32.3 Å². The summed E-state index contributed by atoms with van der Waals surface area (Å²) in [6.45, 7) is 5.40. The molecule has 1 N–H and O–H groups in total. The van der Waals surface area contributed by atoms with Gasteiger partial charge in [0.15, 0.2) is 17.5 Å². The maximum atomic E-state index is 13.1. The van der Waals surface area contributed by atoms with E-state index in [1.807, 2.05) is 18.7 Å². The van der Waals surface area contributed by atoms with Crippen molar-refractivity contribution in [3.63, 3.8) is 0 Å². The quantitative estimate of drug-likeness (QED) is 0.867. The molecule has 1 saturated heterocycles. The van der Waals surface area contributed by atoms with E-state index in [0.717, 1.165) is 25.0 Å².